The van der Waals surface area contributed by atoms with E-state index < -0.39 is 0 Å². The van der Waals surface area contributed by atoms with Crippen molar-refractivity contribution < 1.29 is 9.90 Å². The second kappa shape index (κ2) is 6.70. The highest BCUT2D eigenvalue weighted by Crippen LogP contribution is 2.29. The second-order valence-electron chi connectivity index (χ2n) is 4.94. The van der Waals surface area contributed by atoms with E-state index in [2.05, 4.69) is 9.97 Å². The molecule has 5 nitrogen and oxygen atoms in total. The van der Waals surface area contributed by atoms with E-state index in [4.69, 9.17) is 0 Å². The average molecular weight is 305 g/mol. The van der Waals surface area contributed by atoms with Crippen LogP contribution < -0.4 is 4.90 Å². The van der Waals surface area contributed by atoms with Crippen molar-refractivity contribution in [1.82, 2.24) is 9.97 Å². The molecule has 0 aliphatic heterocycles. The molecule has 0 radical (unpaired) electrons. The molecule has 1 N–H and O–H groups in total. The van der Waals surface area contributed by atoms with Crippen LogP contribution in [-0.2, 0) is 6.54 Å². The lowest BCUT2D eigenvalue weighted by atomic mass is 10.2. The number of phenolic OH excluding ortho intramolecular Hbond substituents is 1. The minimum atomic E-state index is -0.223. The van der Waals surface area contributed by atoms with Crippen molar-refractivity contribution in [2.24, 2.45) is 0 Å². The molecule has 0 aliphatic carbocycles. The van der Waals surface area contributed by atoms with Gasteiger partial charge in [-0.3, -0.25) is 19.7 Å². The minimum absolute atomic E-state index is 0.0471. The minimum Gasteiger partial charge on any atom is -0.506 e. The van der Waals surface area contributed by atoms with E-state index in [0.29, 0.717) is 11.3 Å². The van der Waals surface area contributed by atoms with Crippen LogP contribution in [-0.4, -0.2) is 21.0 Å². The number of amides is 1. The zero-order chi connectivity index (χ0) is 16.1. The Morgan fingerprint density at radius 3 is 2.39 bits per heavy atom. The fourth-order valence-electron chi connectivity index (χ4n) is 2.26. The molecule has 114 valence electrons. The SMILES string of the molecule is O=C(c1ccncc1)N(Cc1ccccn1)c1ccccc1O. The second-order valence-corrected chi connectivity index (χ2v) is 4.94. The van der Waals surface area contributed by atoms with Crippen LogP contribution in [0.25, 0.3) is 0 Å². The number of hydrogen-bond donors (Lipinski definition) is 1. The van der Waals surface area contributed by atoms with Gasteiger partial charge in [0.15, 0.2) is 0 Å². The molecule has 0 bridgehead atoms. The van der Waals surface area contributed by atoms with Gasteiger partial charge in [-0.2, -0.15) is 0 Å². The first-order valence-corrected chi connectivity index (χ1v) is 7.15. The molecule has 3 rings (SSSR count). The van der Waals surface area contributed by atoms with Crippen molar-refractivity contribution in [3.05, 3.63) is 84.4 Å². The maximum Gasteiger partial charge on any atom is 0.258 e. The lowest BCUT2D eigenvalue weighted by Crippen LogP contribution is -2.30. The number of hydrogen-bond acceptors (Lipinski definition) is 4. The van der Waals surface area contributed by atoms with E-state index in [-0.39, 0.29) is 18.2 Å². The number of nitrogens with zero attached hydrogens (tertiary/aromatic N) is 3. The average Bonchev–Trinajstić information content (AvgIpc) is 2.61. The van der Waals surface area contributed by atoms with Crippen molar-refractivity contribution in [1.29, 1.82) is 0 Å². The van der Waals surface area contributed by atoms with Crippen LogP contribution in [0.2, 0.25) is 0 Å². The third-order valence-electron chi connectivity index (χ3n) is 3.39. The van der Waals surface area contributed by atoms with Gasteiger partial charge in [-0.05, 0) is 36.4 Å². The Morgan fingerprint density at radius 2 is 1.70 bits per heavy atom. The molecule has 2 heterocycles. The number of anilines is 1. The molecule has 2 aromatic heterocycles. The fourth-order valence-corrected chi connectivity index (χ4v) is 2.26. The largest absolute Gasteiger partial charge is 0.506 e. The van der Waals surface area contributed by atoms with E-state index in [0.717, 1.165) is 5.69 Å². The van der Waals surface area contributed by atoms with E-state index >= 15 is 0 Å². The third kappa shape index (κ3) is 3.35. The molecule has 0 saturated heterocycles. The Hall–Kier alpha value is -3.21. The Balaban J connectivity index is 2.00. The zero-order valence-corrected chi connectivity index (χ0v) is 12.3. The molecule has 0 unspecified atom stereocenters. The summed E-state index contributed by atoms with van der Waals surface area (Å²) < 4.78 is 0. The predicted octanol–water partition coefficient (Wildman–Crippen LogP) is 3.03. The van der Waals surface area contributed by atoms with Crippen LogP contribution in [0.4, 0.5) is 5.69 Å². The number of aromatic nitrogens is 2. The van der Waals surface area contributed by atoms with Crippen LogP contribution in [0, 0.1) is 0 Å². The summed E-state index contributed by atoms with van der Waals surface area (Å²) in [7, 11) is 0. The van der Waals surface area contributed by atoms with Crippen LogP contribution in [0.1, 0.15) is 16.1 Å². The molecule has 0 aliphatic rings. The molecular weight excluding hydrogens is 290 g/mol. The van der Waals surface area contributed by atoms with Gasteiger partial charge < -0.3 is 5.11 Å². The molecule has 3 aromatic rings. The van der Waals surface area contributed by atoms with E-state index in [9.17, 15) is 9.90 Å². The molecule has 0 saturated carbocycles. The summed E-state index contributed by atoms with van der Waals surface area (Å²) in [5.74, 6) is -0.176. The Kier molecular flexibility index (Phi) is 4.29. The predicted molar refractivity (Wildman–Crippen MR) is 87.1 cm³/mol. The summed E-state index contributed by atoms with van der Waals surface area (Å²) >= 11 is 0. The zero-order valence-electron chi connectivity index (χ0n) is 12.3. The quantitative estimate of drug-likeness (QED) is 0.804. The van der Waals surface area contributed by atoms with Gasteiger partial charge in [0.05, 0.1) is 17.9 Å². The third-order valence-corrected chi connectivity index (χ3v) is 3.39. The van der Waals surface area contributed by atoms with Gasteiger partial charge in [0.1, 0.15) is 5.75 Å². The highest BCUT2D eigenvalue weighted by Gasteiger charge is 2.20. The van der Waals surface area contributed by atoms with Crippen molar-refractivity contribution in [3.63, 3.8) is 0 Å². The maximum absolute atomic E-state index is 12.9. The molecule has 5 heteroatoms. The van der Waals surface area contributed by atoms with Gasteiger partial charge in [0.25, 0.3) is 5.91 Å². The molecule has 23 heavy (non-hydrogen) atoms. The lowest BCUT2D eigenvalue weighted by Gasteiger charge is -2.23. The lowest BCUT2D eigenvalue weighted by molar-refractivity contribution is 0.0984. The number of benzene rings is 1. The number of carbonyl (C=O) groups is 1. The number of rotatable bonds is 4. The van der Waals surface area contributed by atoms with Gasteiger partial charge in [0, 0.05) is 24.2 Å². The van der Waals surface area contributed by atoms with Gasteiger partial charge >= 0.3 is 0 Å². The number of aromatic hydroxyl groups is 1. The van der Waals surface area contributed by atoms with Gasteiger partial charge in [0.2, 0.25) is 0 Å². The maximum atomic E-state index is 12.9. The smallest absolute Gasteiger partial charge is 0.258 e. The molecule has 0 fully saturated rings. The van der Waals surface area contributed by atoms with Crippen molar-refractivity contribution in [3.8, 4) is 5.75 Å². The van der Waals surface area contributed by atoms with E-state index in [1.807, 2.05) is 18.2 Å². The summed E-state index contributed by atoms with van der Waals surface area (Å²) in [5, 5.41) is 10.1. The monoisotopic (exact) mass is 305 g/mol. The molecule has 1 aromatic carbocycles. The van der Waals surface area contributed by atoms with Gasteiger partial charge in [-0.25, -0.2) is 0 Å². The normalized spacial score (nSPS) is 10.3. The Morgan fingerprint density at radius 1 is 0.957 bits per heavy atom. The van der Waals surface area contributed by atoms with Gasteiger partial charge in [-0.15, -0.1) is 0 Å². The van der Waals surface area contributed by atoms with E-state index in [1.54, 1.807) is 55.0 Å². The van der Waals surface area contributed by atoms with E-state index in [1.165, 1.54) is 4.90 Å². The topological polar surface area (TPSA) is 66.3 Å². The van der Waals surface area contributed by atoms with Crippen LogP contribution in [0.5, 0.6) is 5.75 Å². The van der Waals surface area contributed by atoms with Crippen LogP contribution in [0.3, 0.4) is 0 Å². The summed E-state index contributed by atoms with van der Waals surface area (Å²) in [6.07, 6.45) is 4.81. The number of phenols is 1. The first-order valence-electron chi connectivity index (χ1n) is 7.15. The Bertz CT molecular complexity index is 792. The highest BCUT2D eigenvalue weighted by atomic mass is 16.3. The molecule has 0 spiro atoms. The molecule has 0 atom stereocenters. The van der Waals surface area contributed by atoms with Crippen molar-refractivity contribution in [2.75, 3.05) is 4.90 Å². The van der Waals surface area contributed by atoms with Crippen LogP contribution in [0.15, 0.2) is 73.2 Å². The van der Waals surface area contributed by atoms with Crippen LogP contribution >= 0.6 is 0 Å². The van der Waals surface area contributed by atoms with Crippen molar-refractivity contribution in [2.45, 2.75) is 6.54 Å². The summed E-state index contributed by atoms with van der Waals surface area (Å²) in [5.41, 5.74) is 1.68. The standard InChI is InChI=1S/C18H15N3O2/c22-17-7-2-1-6-16(17)21(13-15-5-3-4-10-20-15)18(23)14-8-11-19-12-9-14/h1-12,22H,13H2. The number of pyridine rings is 2. The first-order chi connectivity index (χ1) is 11.3. The van der Waals surface area contributed by atoms with Gasteiger partial charge in [-0.1, -0.05) is 18.2 Å². The van der Waals surface area contributed by atoms with Crippen molar-refractivity contribution >= 4 is 11.6 Å². The number of para-hydroxylation sites is 2. The molecule has 1 amide bonds. The summed E-state index contributed by atoms with van der Waals surface area (Å²) in [4.78, 5) is 22.6. The Labute approximate surface area is 133 Å². The fraction of sp³-hybridized carbons (Fsp3) is 0.0556. The molecular formula is C18H15N3O2. The highest BCUT2D eigenvalue weighted by molar-refractivity contribution is 6.06. The summed E-state index contributed by atoms with van der Waals surface area (Å²) in [6.45, 7) is 0.263. The summed E-state index contributed by atoms with van der Waals surface area (Å²) in [6, 6.07) is 15.6. The number of carbonyl (C=O) groups excluding carboxylic acids is 1. The first kappa shape index (κ1) is 14.7.